The molecule has 0 aliphatic carbocycles. The van der Waals surface area contributed by atoms with Crippen molar-refractivity contribution in [1.82, 2.24) is 20.3 Å². The molecule has 0 aliphatic rings. The van der Waals surface area contributed by atoms with Crippen molar-refractivity contribution in [2.75, 3.05) is 6.54 Å². The largest absolute Gasteiger partial charge is 0.364 e. The summed E-state index contributed by atoms with van der Waals surface area (Å²) in [7, 11) is 0. The van der Waals surface area contributed by atoms with Crippen LogP contribution < -0.4 is 5.32 Å². The molecule has 2 heterocycles. The van der Waals surface area contributed by atoms with E-state index in [1.165, 1.54) is 12.1 Å². The highest BCUT2D eigenvalue weighted by molar-refractivity contribution is 5.75. The highest BCUT2D eigenvalue weighted by Crippen LogP contribution is 2.18. The van der Waals surface area contributed by atoms with E-state index in [4.69, 9.17) is 4.52 Å². The van der Waals surface area contributed by atoms with E-state index in [0.29, 0.717) is 6.54 Å². The second-order valence-electron chi connectivity index (χ2n) is 5.42. The van der Waals surface area contributed by atoms with E-state index >= 15 is 0 Å². The zero-order valence-corrected chi connectivity index (χ0v) is 13.0. The Hall–Kier alpha value is -2.96. The number of amides is 1. The van der Waals surface area contributed by atoms with Gasteiger partial charge in [0.1, 0.15) is 18.6 Å². The third kappa shape index (κ3) is 4.28. The number of carbonyl (C=O) groups is 1. The van der Waals surface area contributed by atoms with Gasteiger partial charge in [-0.1, -0.05) is 17.3 Å². The van der Waals surface area contributed by atoms with Crippen LogP contribution in [0.3, 0.4) is 0 Å². The number of rotatable bonds is 7. The second kappa shape index (κ2) is 7.54. The third-order valence-corrected chi connectivity index (χ3v) is 3.56. The fourth-order valence-corrected chi connectivity index (χ4v) is 2.31. The predicted molar refractivity (Wildman–Crippen MR) is 85.5 cm³/mol. The molecule has 0 bridgehead atoms. The van der Waals surface area contributed by atoms with Gasteiger partial charge >= 0.3 is 0 Å². The van der Waals surface area contributed by atoms with Crippen LogP contribution in [0.1, 0.15) is 12.0 Å². The van der Waals surface area contributed by atoms with Gasteiger partial charge < -0.3 is 9.84 Å². The number of hydrogen-bond acceptors (Lipinski definition) is 4. The topological polar surface area (TPSA) is 73.0 Å². The molecular weight excluding hydrogens is 311 g/mol. The van der Waals surface area contributed by atoms with E-state index < -0.39 is 0 Å². The van der Waals surface area contributed by atoms with E-state index in [2.05, 4.69) is 15.6 Å². The van der Waals surface area contributed by atoms with Gasteiger partial charge in [0.15, 0.2) is 0 Å². The minimum absolute atomic E-state index is 0.103. The molecule has 24 heavy (non-hydrogen) atoms. The fraction of sp³-hybridized carbons (Fsp3) is 0.235. The molecule has 1 amide bonds. The average molecular weight is 328 g/mol. The molecule has 3 aromatic rings. The highest BCUT2D eigenvalue weighted by Gasteiger charge is 2.06. The molecular formula is C17H17FN4O2. The summed E-state index contributed by atoms with van der Waals surface area (Å²) in [5.41, 5.74) is 2.72. The van der Waals surface area contributed by atoms with Crippen LogP contribution in [0, 0.1) is 5.82 Å². The van der Waals surface area contributed by atoms with E-state index in [1.807, 2.05) is 0 Å². The van der Waals surface area contributed by atoms with Crippen LogP contribution in [-0.4, -0.2) is 27.4 Å². The first kappa shape index (κ1) is 15.9. The lowest BCUT2D eigenvalue weighted by molar-refractivity contribution is -0.121. The Kier molecular flexibility index (Phi) is 5.00. The van der Waals surface area contributed by atoms with Gasteiger partial charge in [-0.2, -0.15) is 5.10 Å². The lowest BCUT2D eigenvalue weighted by atomic mass is 10.1. The molecule has 0 unspecified atom stereocenters. The Labute approximate surface area is 138 Å². The van der Waals surface area contributed by atoms with Crippen molar-refractivity contribution in [2.24, 2.45) is 0 Å². The smallest absolute Gasteiger partial charge is 0.241 e. The van der Waals surface area contributed by atoms with Crippen LogP contribution in [0.5, 0.6) is 0 Å². The summed E-state index contributed by atoms with van der Waals surface area (Å²) in [6.07, 6.45) is 8.31. The SMILES string of the molecule is O=C(Cn1cc(-c2ccc(F)cc2)cn1)NCCCc1cnoc1. The van der Waals surface area contributed by atoms with Crippen LogP contribution >= 0.6 is 0 Å². The fourth-order valence-electron chi connectivity index (χ4n) is 2.31. The molecule has 0 spiro atoms. The predicted octanol–water partition coefficient (Wildman–Crippen LogP) is 2.43. The molecule has 2 aromatic heterocycles. The summed E-state index contributed by atoms with van der Waals surface area (Å²) in [5, 5.41) is 10.6. The standard InChI is InChI=1S/C17H17FN4O2/c18-16-5-3-14(4-6-16)15-9-20-22(10-15)11-17(23)19-7-1-2-13-8-21-24-12-13/h3-6,8-10,12H,1-2,7,11H2,(H,19,23). The lowest BCUT2D eigenvalue weighted by Gasteiger charge is -2.04. The van der Waals surface area contributed by atoms with Crippen LogP contribution in [0.4, 0.5) is 4.39 Å². The van der Waals surface area contributed by atoms with Gasteiger partial charge in [0, 0.05) is 23.9 Å². The minimum Gasteiger partial charge on any atom is -0.364 e. The molecule has 0 saturated heterocycles. The van der Waals surface area contributed by atoms with Crippen molar-refractivity contribution < 1.29 is 13.7 Å². The van der Waals surface area contributed by atoms with Crippen molar-refractivity contribution in [3.63, 3.8) is 0 Å². The van der Waals surface area contributed by atoms with E-state index in [0.717, 1.165) is 29.5 Å². The highest BCUT2D eigenvalue weighted by atomic mass is 19.1. The van der Waals surface area contributed by atoms with Gasteiger partial charge in [-0.25, -0.2) is 4.39 Å². The number of aromatic nitrogens is 3. The Morgan fingerprint density at radius 3 is 2.79 bits per heavy atom. The second-order valence-corrected chi connectivity index (χ2v) is 5.42. The first-order valence-corrected chi connectivity index (χ1v) is 7.64. The molecule has 0 radical (unpaired) electrons. The Bertz CT molecular complexity index is 781. The van der Waals surface area contributed by atoms with Gasteiger partial charge in [0.05, 0.1) is 12.4 Å². The maximum Gasteiger partial charge on any atom is 0.241 e. The molecule has 7 heteroatoms. The van der Waals surface area contributed by atoms with E-state index in [-0.39, 0.29) is 18.3 Å². The van der Waals surface area contributed by atoms with Gasteiger partial charge in [0.2, 0.25) is 5.91 Å². The number of nitrogens with one attached hydrogen (secondary N) is 1. The normalized spacial score (nSPS) is 10.7. The number of benzene rings is 1. The molecule has 1 N–H and O–H groups in total. The zero-order chi connectivity index (χ0) is 16.8. The first-order chi connectivity index (χ1) is 11.7. The molecule has 0 atom stereocenters. The molecule has 3 rings (SSSR count). The number of nitrogens with zero attached hydrogens (tertiary/aromatic N) is 3. The van der Waals surface area contributed by atoms with Crippen molar-refractivity contribution >= 4 is 5.91 Å². The monoisotopic (exact) mass is 328 g/mol. The first-order valence-electron chi connectivity index (χ1n) is 7.64. The molecule has 0 saturated carbocycles. The molecule has 0 fully saturated rings. The van der Waals surface area contributed by atoms with Crippen LogP contribution in [0.25, 0.3) is 11.1 Å². The molecule has 6 nitrogen and oxygen atoms in total. The van der Waals surface area contributed by atoms with Gasteiger partial charge in [0.25, 0.3) is 0 Å². The summed E-state index contributed by atoms with van der Waals surface area (Å²) in [4.78, 5) is 11.9. The Balaban J connectivity index is 1.45. The molecule has 0 aliphatic heterocycles. The third-order valence-electron chi connectivity index (χ3n) is 3.56. The summed E-state index contributed by atoms with van der Waals surface area (Å²) < 4.78 is 19.2. The zero-order valence-electron chi connectivity index (χ0n) is 13.0. The van der Waals surface area contributed by atoms with Crippen molar-refractivity contribution in [3.8, 4) is 11.1 Å². The van der Waals surface area contributed by atoms with Gasteiger partial charge in [-0.3, -0.25) is 9.48 Å². The number of hydrogen-bond donors (Lipinski definition) is 1. The lowest BCUT2D eigenvalue weighted by Crippen LogP contribution is -2.28. The summed E-state index contributed by atoms with van der Waals surface area (Å²) in [6, 6.07) is 6.16. The summed E-state index contributed by atoms with van der Waals surface area (Å²) in [5.74, 6) is -0.384. The average Bonchev–Trinajstić information content (AvgIpc) is 3.24. The molecule has 124 valence electrons. The number of aryl methyl sites for hydroxylation is 1. The van der Waals surface area contributed by atoms with Crippen molar-refractivity contribution in [1.29, 1.82) is 0 Å². The minimum atomic E-state index is -0.281. The van der Waals surface area contributed by atoms with Gasteiger partial charge in [-0.05, 0) is 30.5 Å². The Morgan fingerprint density at radius 1 is 1.21 bits per heavy atom. The van der Waals surface area contributed by atoms with Crippen LogP contribution in [0.2, 0.25) is 0 Å². The summed E-state index contributed by atoms with van der Waals surface area (Å²) >= 11 is 0. The quantitative estimate of drug-likeness (QED) is 0.676. The van der Waals surface area contributed by atoms with E-state index in [9.17, 15) is 9.18 Å². The van der Waals surface area contributed by atoms with Crippen molar-refractivity contribution in [2.45, 2.75) is 19.4 Å². The van der Waals surface area contributed by atoms with E-state index in [1.54, 1.807) is 41.7 Å². The maximum absolute atomic E-state index is 12.9. The van der Waals surface area contributed by atoms with Crippen molar-refractivity contribution in [3.05, 3.63) is 60.5 Å². The number of halogens is 1. The Morgan fingerprint density at radius 2 is 2.04 bits per heavy atom. The summed E-state index contributed by atoms with van der Waals surface area (Å²) in [6.45, 7) is 0.727. The van der Waals surface area contributed by atoms with Crippen LogP contribution in [-0.2, 0) is 17.8 Å². The molecule has 1 aromatic carbocycles. The van der Waals surface area contributed by atoms with Gasteiger partial charge in [-0.15, -0.1) is 0 Å². The van der Waals surface area contributed by atoms with Crippen LogP contribution in [0.15, 0.2) is 53.6 Å². The maximum atomic E-state index is 12.9. The number of carbonyl (C=O) groups excluding carboxylic acids is 1.